The van der Waals surface area contributed by atoms with E-state index in [1.54, 1.807) is 29.5 Å². The number of aromatic nitrogens is 2. The molecule has 0 spiro atoms. The minimum absolute atomic E-state index is 0.157. The first-order chi connectivity index (χ1) is 18.3. The number of aryl methyl sites for hydroxylation is 1. The zero-order valence-corrected chi connectivity index (χ0v) is 20.5. The summed E-state index contributed by atoms with van der Waals surface area (Å²) in [5.74, 6) is -0.619. The highest BCUT2D eigenvalue weighted by Crippen LogP contribution is 2.33. The zero-order chi connectivity index (χ0) is 28.4. The van der Waals surface area contributed by atoms with E-state index in [0.717, 1.165) is 12.1 Å². The van der Waals surface area contributed by atoms with Crippen LogP contribution in [-0.2, 0) is 4.74 Å². The number of fused-ring (bicyclic) bond motifs is 1. The highest BCUT2D eigenvalue weighted by molar-refractivity contribution is 5.91. The summed E-state index contributed by atoms with van der Waals surface area (Å²) < 4.78 is 91.6. The molecule has 7 nitrogen and oxygen atoms in total. The van der Waals surface area contributed by atoms with Crippen molar-refractivity contribution in [3.63, 3.8) is 0 Å². The number of pyridine rings is 1. The fraction of sp³-hybridized carbons (Fsp3) is 0.231. The van der Waals surface area contributed by atoms with Crippen LogP contribution in [-0.4, -0.2) is 41.5 Å². The number of hydrogen-bond acceptors (Lipinski definition) is 6. The Morgan fingerprint density at radius 3 is 2.28 bits per heavy atom. The molecule has 0 aliphatic rings. The van der Waals surface area contributed by atoms with Crippen LogP contribution in [0.2, 0.25) is 0 Å². The maximum atomic E-state index is 12.8. The van der Waals surface area contributed by atoms with Crippen molar-refractivity contribution in [1.29, 1.82) is 0 Å². The van der Waals surface area contributed by atoms with Gasteiger partial charge in [-0.15, -0.1) is 13.2 Å². The summed E-state index contributed by atoms with van der Waals surface area (Å²) >= 11 is 0. The number of imidazole rings is 1. The lowest BCUT2D eigenvalue weighted by atomic mass is 10.0. The molecule has 4 aromatic rings. The first-order valence-electron chi connectivity index (χ1n) is 11.4. The molecule has 39 heavy (non-hydrogen) atoms. The van der Waals surface area contributed by atoms with Crippen LogP contribution in [0.4, 0.5) is 32.0 Å². The fourth-order valence-corrected chi connectivity index (χ4v) is 3.81. The van der Waals surface area contributed by atoms with Gasteiger partial charge in [0.1, 0.15) is 17.2 Å². The number of ether oxygens (including phenoxy) is 3. The Morgan fingerprint density at radius 2 is 1.67 bits per heavy atom. The first-order valence-corrected chi connectivity index (χ1v) is 11.4. The van der Waals surface area contributed by atoms with Crippen molar-refractivity contribution in [2.45, 2.75) is 25.9 Å². The molecule has 2 heterocycles. The van der Waals surface area contributed by atoms with Crippen molar-refractivity contribution < 1.29 is 45.3 Å². The van der Waals surface area contributed by atoms with E-state index in [0.29, 0.717) is 28.0 Å². The largest absolute Gasteiger partial charge is 0.573 e. The topological polar surface area (TPSA) is 74.1 Å². The van der Waals surface area contributed by atoms with Crippen molar-refractivity contribution in [2.24, 2.45) is 0 Å². The minimum atomic E-state index is -4.85. The molecule has 1 N–H and O–H groups in total. The monoisotopic (exact) mass is 553 g/mol. The third-order valence-electron chi connectivity index (χ3n) is 5.53. The average molecular weight is 553 g/mol. The molecular weight excluding hydrogens is 532 g/mol. The molecule has 2 aromatic heterocycles. The normalized spacial score (nSPS) is 11.9. The molecule has 0 radical (unpaired) electrons. The van der Waals surface area contributed by atoms with Crippen molar-refractivity contribution >= 4 is 17.3 Å². The first kappa shape index (κ1) is 27.6. The van der Waals surface area contributed by atoms with E-state index in [1.807, 2.05) is 0 Å². The van der Waals surface area contributed by atoms with Crippen LogP contribution in [0, 0.1) is 6.92 Å². The number of rotatable bonds is 8. The average Bonchev–Trinajstić information content (AvgIpc) is 3.27. The smallest absolute Gasteiger partial charge is 0.465 e. The summed E-state index contributed by atoms with van der Waals surface area (Å²) in [6, 6.07) is 11.1. The number of esters is 1. The van der Waals surface area contributed by atoms with Crippen LogP contribution in [0.3, 0.4) is 0 Å². The summed E-state index contributed by atoms with van der Waals surface area (Å²) in [6.45, 7) is 1.30. The number of benzene rings is 2. The number of methoxy groups -OCH3 is 1. The second-order valence-electron chi connectivity index (χ2n) is 8.36. The van der Waals surface area contributed by atoms with Crippen LogP contribution in [0.25, 0.3) is 16.9 Å². The van der Waals surface area contributed by atoms with E-state index >= 15 is 0 Å². The maximum Gasteiger partial charge on any atom is 0.573 e. The maximum absolute atomic E-state index is 12.8. The van der Waals surface area contributed by atoms with Crippen molar-refractivity contribution in [3.05, 3.63) is 72.1 Å². The number of hydrogen-bond donors (Lipinski definition) is 1. The molecule has 0 aliphatic carbocycles. The van der Waals surface area contributed by atoms with Gasteiger partial charge in [0, 0.05) is 18.2 Å². The Hall–Kier alpha value is -4.42. The van der Waals surface area contributed by atoms with Crippen LogP contribution >= 0.6 is 0 Å². The van der Waals surface area contributed by atoms with E-state index in [1.165, 1.54) is 37.7 Å². The quantitative estimate of drug-likeness (QED) is 0.185. The lowest BCUT2D eigenvalue weighted by molar-refractivity contribution is -0.274. The summed E-state index contributed by atoms with van der Waals surface area (Å²) in [7, 11) is 1.27. The second kappa shape index (κ2) is 10.8. The standard InChI is InChI=1S/C26H21F6N3O4/c1-15-11-16(3-8-20(15)24(36)37-2)22-13-34-23-21(33-10-9-25(27,28)29)12-19(14-35(22)23)38-17-4-6-18(7-5-17)39-26(30,31)32/h3-8,11-14,33H,9-10H2,1-2H3. The number of anilines is 1. The molecule has 2 aromatic carbocycles. The lowest BCUT2D eigenvalue weighted by Crippen LogP contribution is -2.16. The Bertz CT molecular complexity index is 1480. The van der Waals surface area contributed by atoms with E-state index in [-0.39, 0.29) is 17.2 Å². The van der Waals surface area contributed by atoms with Gasteiger partial charge in [-0.1, -0.05) is 6.07 Å². The Labute approximate surface area is 217 Å². The molecule has 0 saturated heterocycles. The van der Waals surface area contributed by atoms with Gasteiger partial charge in [0.05, 0.1) is 42.9 Å². The molecule has 206 valence electrons. The van der Waals surface area contributed by atoms with Crippen molar-refractivity contribution in [3.8, 4) is 28.5 Å². The van der Waals surface area contributed by atoms with Gasteiger partial charge < -0.3 is 19.5 Å². The van der Waals surface area contributed by atoms with Gasteiger partial charge in [0.15, 0.2) is 5.65 Å². The SMILES string of the molecule is COC(=O)c1ccc(-c2cnc3c(NCCC(F)(F)F)cc(Oc4ccc(OC(F)(F)F)cc4)cn23)cc1C. The third kappa shape index (κ3) is 6.92. The summed E-state index contributed by atoms with van der Waals surface area (Å²) in [5.41, 5.74) is 2.74. The van der Waals surface area contributed by atoms with E-state index in [4.69, 9.17) is 9.47 Å². The second-order valence-corrected chi connectivity index (χ2v) is 8.36. The van der Waals surface area contributed by atoms with Crippen molar-refractivity contribution in [1.82, 2.24) is 9.38 Å². The van der Waals surface area contributed by atoms with Crippen LogP contribution in [0.5, 0.6) is 17.2 Å². The number of nitrogens with one attached hydrogen (secondary N) is 1. The molecule has 0 saturated carbocycles. The Balaban J connectivity index is 1.71. The predicted molar refractivity (Wildman–Crippen MR) is 129 cm³/mol. The van der Waals surface area contributed by atoms with E-state index in [9.17, 15) is 31.1 Å². The zero-order valence-electron chi connectivity index (χ0n) is 20.5. The molecule has 4 rings (SSSR count). The Morgan fingerprint density at radius 1 is 0.974 bits per heavy atom. The van der Waals surface area contributed by atoms with Crippen LogP contribution in [0.1, 0.15) is 22.3 Å². The molecule has 0 aliphatic heterocycles. The third-order valence-corrected chi connectivity index (χ3v) is 5.53. The molecular formula is C26H21F6N3O4. The molecule has 0 unspecified atom stereocenters. The number of carbonyl (C=O) groups excluding carboxylic acids is 1. The number of nitrogens with zero attached hydrogens (tertiary/aromatic N) is 2. The summed E-state index contributed by atoms with van der Waals surface area (Å²) in [4.78, 5) is 16.3. The number of alkyl halides is 6. The molecule has 0 atom stereocenters. The van der Waals surface area contributed by atoms with Gasteiger partial charge in [0.25, 0.3) is 0 Å². The highest BCUT2D eigenvalue weighted by Gasteiger charge is 2.31. The van der Waals surface area contributed by atoms with E-state index < -0.39 is 37.2 Å². The summed E-state index contributed by atoms with van der Waals surface area (Å²) in [6.07, 6.45) is -7.26. The fourth-order valence-electron chi connectivity index (χ4n) is 3.81. The summed E-state index contributed by atoms with van der Waals surface area (Å²) in [5, 5.41) is 2.72. The van der Waals surface area contributed by atoms with Gasteiger partial charge in [-0.25, -0.2) is 9.78 Å². The number of halogens is 6. The molecule has 13 heteroatoms. The van der Waals surface area contributed by atoms with Crippen molar-refractivity contribution in [2.75, 3.05) is 19.0 Å². The van der Waals surface area contributed by atoms with Crippen LogP contribution in [0.15, 0.2) is 60.9 Å². The van der Waals surface area contributed by atoms with E-state index in [2.05, 4.69) is 15.0 Å². The predicted octanol–water partition coefficient (Wildman–Crippen LogP) is 7.15. The van der Waals surface area contributed by atoms with Gasteiger partial charge in [-0.05, 0) is 48.9 Å². The molecule has 0 bridgehead atoms. The minimum Gasteiger partial charge on any atom is -0.465 e. The lowest BCUT2D eigenvalue weighted by Gasteiger charge is -2.14. The van der Waals surface area contributed by atoms with Gasteiger partial charge in [-0.3, -0.25) is 4.40 Å². The van der Waals surface area contributed by atoms with Gasteiger partial charge >= 0.3 is 18.5 Å². The van der Waals surface area contributed by atoms with Crippen LogP contribution < -0.4 is 14.8 Å². The Kier molecular flexibility index (Phi) is 7.61. The molecule has 0 fully saturated rings. The molecule has 0 amide bonds. The number of carbonyl (C=O) groups is 1. The highest BCUT2D eigenvalue weighted by atomic mass is 19.4. The van der Waals surface area contributed by atoms with Gasteiger partial charge in [-0.2, -0.15) is 13.2 Å². The van der Waals surface area contributed by atoms with Gasteiger partial charge in [0.2, 0.25) is 0 Å².